The van der Waals surface area contributed by atoms with Crippen LogP contribution in [0.25, 0.3) is 11.1 Å². The van der Waals surface area contributed by atoms with E-state index in [4.69, 9.17) is 15.9 Å². The van der Waals surface area contributed by atoms with Gasteiger partial charge in [-0.05, 0) is 25.1 Å². The minimum absolute atomic E-state index is 0.213. The molecule has 0 radical (unpaired) electrons. The molecule has 2 rings (SSSR count). The largest absolute Gasteiger partial charge is 0.428 e. The summed E-state index contributed by atoms with van der Waals surface area (Å²) in [4.78, 5) is 26.0. The molecule has 0 saturated heterocycles. The lowest BCUT2D eigenvalue weighted by Crippen LogP contribution is -2.43. The molecule has 9 nitrogen and oxygen atoms in total. The Morgan fingerprint density at radius 1 is 1.38 bits per heavy atom. The molecule has 0 spiro atoms. The third-order valence-electron chi connectivity index (χ3n) is 2.72. The monoisotopic (exact) mass is 312 g/mol. The summed E-state index contributed by atoms with van der Waals surface area (Å²) in [5.74, 6) is -1.07. The van der Waals surface area contributed by atoms with Crippen molar-refractivity contribution in [3.05, 3.63) is 18.2 Å². The molecule has 1 aromatic heterocycles. The maximum absolute atomic E-state index is 12.2. The van der Waals surface area contributed by atoms with Crippen molar-refractivity contribution < 1.29 is 22.4 Å². The number of urea groups is 1. The Morgan fingerprint density at radius 2 is 2.05 bits per heavy atom. The second-order valence-electron chi connectivity index (χ2n) is 4.25. The van der Waals surface area contributed by atoms with E-state index in [1.807, 2.05) is 0 Å². The van der Waals surface area contributed by atoms with Crippen LogP contribution >= 0.6 is 0 Å². The summed E-state index contributed by atoms with van der Waals surface area (Å²) >= 11 is 0. The van der Waals surface area contributed by atoms with E-state index in [1.165, 1.54) is 18.2 Å². The molecule has 0 aliphatic carbocycles. The number of rotatable bonds is 3. The van der Waals surface area contributed by atoms with Gasteiger partial charge in [-0.25, -0.2) is 13.2 Å². The number of imide groups is 1. The molecule has 1 aromatic carbocycles. The van der Waals surface area contributed by atoms with E-state index in [-0.39, 0.29) is 11.1 Å². The SMILES string of the molecule is CC(C(=O)NC(N)=O)S(=O)(=O)c1nc2cc(N)ccc2o1. The first-order valence-electron chi connectivity index (χ1n) is 5.72. The predicted molar refractivity (Wildman–Crippen MR) is 72.8 cm³/mol. The van der Waals surface area contributed by atoms with Gasteiger partial charge in [-0.1, -0.05) is 0 Å². The van der Waals surface area contributed by atoms with Gasteiger partial charge in [-0.2, -0.15) is 4.98 Å². The molecule has 0 bridgehead atoms. The van der Waals surface area contributed by atoms with E-state index in [9.17, 15) is 18.0 Å². The van der Waals surface area contributed by atoms with Crippen LogP contribution in [0.4, 0.5) is 10.5 Å². The number of carbonyl (C=O) groups excluding carboxylic acids is 2. The maximum atomic E-state index is 12.2. The fourth-order valence-corrected chi connectivity index (χ4v) is 2.63. The molecule has 0 aliphatic heterocycles. The van der Waals surface area contributed by atoms with E-state index in [0.717, 1.165) is 6.92 Å². The van der Waals surface area contributed by atoms with Gasteiger partial charge in [0.05, 0.1) is 0 Å². The third-order valence-corrected chi connectivity index (χ3v) is 4.52. The highest BCUT2D eigenvalue weighted by molar-refractivity contribution is 7.92. The van der Waals surface area contributed by atoms with Gasteiger partial charge in [0.15, 0.2) is 5.58 Å². The van der Waals surface area contributed by atoms with Gasteiger partial charge >= 0.3 is 11.3 Å². The molecule has 10 heteroatoms. The molecule has 21 heavy (non-hydrogen) atoms. The molecular formula is C11H12N4O5S. The van der Waals surface area contributed by atoms with Crippen molar-refractivity contribution in [1.82, 2.24) is 10.3 Å². The van der Waals surface area contributed by atoms with Crippen LogP contribution in [0.15, 0.2) is 27.8 Å². The molecule has 1 heterocycles. The predicted octanol–water partition coefficient (Wildman–Crippen LogP) is -0.233. The molecule has 3 amide bonds. The van der Waals surface area contributed by atoms with Gasteiger partial charge < -0.3 is 15.9 Å². The summed E-state index contributed by atoms with van der Waals surface area (Å²) in [7, 11) is -4.20. The van der Waals surface area contributed by atoms with E-state index in [2.05, 4.69) is 4.98 Å². The Hall–Kier alpha value is -2.62. The highest BCUT2D eigenvalue weighted by Gasteiger charge is 2.34. The van der Waals surface area contributed by atoms with Crippen molar-refractivity contribution in [2.24, 2.45) is 5.73 Å². The second-order valence-corrected chi connectivity index (χ2v) is 6.39. The van der Waals surface area contributed by atoms with Crippen LogP contribution in [-0.2, 0) is 14.6 Å². The number of hydrogen-bond acceptors (Lipinski definition) is 7. The van der Waals surface area contributed by atoms with Gasteiger partial charge in [0.25, 0.3) is 0 Å². The number of sulfone groups is 1. The zero-order chi connectivity index (χ0) is 15.8. The van der Waals surface area contributed by atoms with Crippen molar-refractivity contribution in [2.75, 3.05) is 5.73 Å². The van der Waals surface area contributed by atoms with Crippen molar-refractivity contribution in [3.8, 4) is 0 Å². The lowest BCUT2D eigenvalue weighted by Gasteiger charge is -2.08. The average molecular weight is 312 g/mol. The van der Waals surface area contributed by atoms with Crippen molar-refractivity contribution in [1.29, 1.82) is 0 Å². The van der Waals surface area contributed by atoms with Gasteiger partial charge in [-0.15, -0.1) is 0 Å². The van der Waals surface area contributed by atoms with Crippen LogP contribution < -0.4 is 16.8 Å². The molecule has 0 aliphatic rings. The zero-order valence-electron chi connectivity index (χ0n) is 10.9. The standard InChI is InChI=1S/C11H12N4O5S/c1-5(9(16)15-10(13)17)21(18,19)11-14-7-4-6(12)2-3-8(7)20-11/h2-5H,12H2,1H3,(H3,13,15,16,17). The quantitative estimate of drug-likeness (QED) is 0.660. The summed E-state index contributed by atoms with van der Waals surface area (Å²) in [6.07, 6.45) is 0. The number of hydrogen-bond donors (Lipinski definition) is 3. The Balaban J connectivity index is 2.41. The Labute approximate surface area is 119 Å². The van der Waals surface area contributed by atoms with E-state index in [0.29, 0.717) is 5.69 Å². The number of primary amides is 1. The number of nitrogens with zero attached hydrogens (tertiary/aromatic N) is 1. The first-order valence-corrected chi connectivity index (χ1v) is 7.26. The molecule has 0 saturated carbocycles. The summed E-state index contributed by atoms with van der Waals surface area (Å²) in [6, 6.07) is 3.27. The number of amides is 3. The molecule has 1 unspecified atom stereocenters. The number of nitrogens with one attached hydrogen (secondary N) is 1. The number of nitrogen functional groups attached to an aromatic ring is 1. The second kappa shape index (κ2) is 5.05. The fourth-order valence-electron chi connectivity index (χ4n) is 1.56. The molecule has 0 fully saturated rings. The van der Waals surface area contributed by atoms with Crippen LogP contribution in [0, 0.1) is 0 Å². The molecular weight excluding hydrogens is 300 g/mol. The lowest BCUT2D eigenvalue weighted by atomic mass is 10.3. The average Bonchev–Trinajstić information content (AvgIpc) is 2.80. The van der Waals surface area contributed by atoms with E-state index in [1.54, 1.807) is 5.32 Å². The number of carbonyl (C=O) groups is 2. The minimum Gasteiger partial charge on any atom is -0.428 e. The van der Waals surface area contributed by atoms with Crippen molar-refractivity contribution >= 4 is 38.6 Å². The van der Waals surface area contributed by atoms with E-state index >= 15 is 0 Å². The number of anilines is 1. The van der Waals surface area contributed by atoms with Gasteiger partial charge in [-0.3, -0.25) is 10.1 Å². The summed E-state index contributed by atoms with van der Waals surface area (Å²) in [5.41, 5.74) is 11.2. The highest BCUT2D eigenvalue weighted by Crippen LogP contribution is 2.23. The lowest BCUT2D eigenvalue weighted by molar-refractivity contribution is -0.119. The summed E-state index contributed by atoms with van der Waals surface area (Å²) < 4.78 is 29.5. The van der Waals surface area contributed by atoms with E-state index < -0.39 is 32.2 Å². The Bertz CT molecular complexity index is 826. The van der Waals surface area contributed by atoms with Gasteiger partial charge in [0.2, 0.25) is 15.7 Å². The molecule has 2 aromatic rings. The Morgan fingerprint density at radius 3 is 2.67 bits per heavy atom. The minimum atomic E-state index is -4.20. The van der Waals surface area contributed by atoms with Crippen LogP contribution in [0.5, 0.6) is 0 Å². The summed E-state index contributed by atoms with van der Waals surface area (Å²) in [5, 5.41) is -0.524. The number of aromatic nitrogens is 1. The van der Waals surface area contributed by atoms with Crippen LogP contribution in [0.3, 0.4) is 0 Å². The fraction of sp³-hybridized carbons (Fsp3) is 0.182. The topological polar surface area (TPSA) is 158 Å². The zero-order valence-corrected chi connectivity index (χ0v) is 11.7. The molecule has 5 N–H and O–H groups in total. The highest BCUT2D eigenvalue weighted by atomic mass is 32.2. The first-order chi connectivity index (χ1) is 9.71. The van der Waals surface area contributed by atoms with Gasteiger partial charge in [0, 0.05) is 5.69 Å². The van der Waals surface area contributed by atoms with Crippen molar-refractivity contribution in [3.63, 3.8) is 0 Å². The summed E-state index contributed by atoms with van der Waals surface area (Å²) in [6.45, 7) is 1.09. The number of benzene rings is 1. The van der Waals surface area contributed by atoms with Crippen LogP contribution in [-0.4, -0.2) is 30.6 Å². The smallest absolute Gasteiger partial charge is 0.318 e. The van der Waals surface area contributed by atoms with Crippen molar-refractivity contribution in [2.45, 2.75) is 17.4 Å². The first kappa shape index (κ1) is 14.8. The third kappa shape index (κ3) is 2.79. The number of nitrogens with two attached hydrogens (primary N) is 2. The Kier molecular flexibility index (Phi) is 3.56. The van der Waals surface area contributed by atoms with Crippen LogP contribution in [0.2, 0.25) is 0 Å². The maximum Gasteiger partial charge on any atom is 0.318 e. The normalized spacial score (nSPS) is 13.0. The molecule has 1 atom stereocenters. The number of fused-ring (bicyclic) bond motifs is 1. The van der Waals surface area contributed by atoms with Crippen LogP contribution in [0.1, 0.15) is 6.92 Å². The molecule has 112 valence electrons. The van der Waals surface area contributed by atoms with Gasteiger partial charge in [0.1, 0.15) is 10.8 Å². The number of oxazole rings is 1.